The van der Waals surface area contributed by atoms with Gasteiger partial charge in [0.15, 0.2) is 0 Å². The number of unbranched alkanes of at least 4 members (excludes halogenated alkanes) is 1. The zero-order valence-electron chi connectivity index (χ0n) is 8.55. The first-order chi connectivity index (χ1) is 6.92. The van der Waals surface area contributed by atoms with E-state index in [1.807, 2.05) is 12.4 Å². The van der Waals surface area contributed by atoms with E-state index in [0.717, 1.165) is 13.0 Å². The number of fused-ring (bicyclic) bond motifs is 1. The number of hydrogen-bond donors (Lipinski definition) is 0. The van der Waals surface area contributed by atoms with Crippen LogP contribution in [0, 0.1) is 0 Å². The molecule has 0 amide bonds. The Morgan fingerprint density at radius 2 is 2.43 bits per heavy atom. The van der Waals surface area contributed by atoms with Gasteiger partial charge in [0.05, 0.1) is 0 Å². The summed E-state index contributed by atoms with van der Waals surface area (Å²) in [6.45, 7) is 3.12. The van der Waals surface area contributed by atoms with Crippen LogP contribution in [-0.2, 0) is 6.42 Å². The molecular formula is C11H15NOSn. The van der Waals surface area contributed by atoms with E-state index in [0.29, 0.717) is 0 Å². The number of nitrogens with zero attached hydrogens (tertiary/aromatic N) is 1. The monoisotopic (exact) mass is 297 g/mol. The van der Waals surface area contributed by atoms with E-state index in [1.165, 1.54) is 32.2 Å². The molecule has 14 heavy (non-hydrogen) atoms. The van der Waals surface area contributed by atoms with Crippen LogP contribution in [0.15, 0.2) is 12.4 Å². The molecule has 0 aromatic carbocycles. The van der Waals surface area contributed by atoms with Gasteiger partial charge in [0.25, 0.3) is 0 Å². The first-order valence-corrected chi connectivity index (χ1v) is 8.70. The predicted octanol–water partition coefficient (Wildman–Crippen LogP) is 1.56. The van der Waals surface area contributed by atoms with Gasteiger partial charge in [0, 0.05) is 0 Å². The van der Waals surface area contributed by atoms with Crippen LogP contribution in [0.25, 0.3) is 0 Å². The van der Waals surface area contributed by atoms with Crippen molar-refractivity contribution in [3.05, 3.63) is 18.0 Å². The number of pyridine rings is 1. The molecule has 74 valence electrons. The molecule has 0 saturated heterocycles. The molecule has 2 radical (unpaired) electrons. The van der Waals surface area contributed by atoms with Gasteiger partial charge in [0.1, 0.15) is 0 Å². The SMILES string of the molecule is CCC[CH2][Sn][c]1cncc2c1OCC2. The normalized spacial score (nSPS) is 13.8. The van der Waals surface area contributed by atoms with E-state index in [-0.39, 0.29) is 0 Å². The van der Waals surface area contributed by atoms with Gasteiger partial charge >= 0.3 is 95.4 Å². The van der Waals surface area contributed by atoms with Crippen molar-refractivity contribution in [3.8, 4) is 5.75 Å². The fraction of sp³-hybridized carbons (Fsp3) is 0.545. The Labute approximate surface area is 95.3 Å². The molecule has 0 aliphatic carbocycles. The van der Waals surface area contributed by atoms with Crippen molar-refractivity contribution in [2.45, 2.75) is 30.6 Å². The van der Waals surface area contributed by atoms with Crippen molar-refractivity contribution < 1.29 is 4.74 Å². The third-order valence-electron chi connectivity index (χ3n) is 2.43. The van der Waals surface area contributed by atoms with Crippen molar-refractivity contribution >= 4 is 24.7 Å². The molecule has 0 unspecified atom stereocenters. The molecule has 3 heteroatoms. The van der Waals surface area contributed by atoms with Crippen molar-refractivity contribution in [2.75, 3.05) is 6.61 Å². The second-order valence-corrected chi connectivity index (χ2v) is 7.53. The molecule has 1 aromatic rings. The Hall–Kier alpha value is -0.251. The van der Waals surface area contributed by atoms with E-state index < -0.39 is 21.1 Å². The van der Waals surface area contributed by atoms with Crippen LogP contribution in [-0.4, -0.2) is 32.7 Å². The third-order valence-corrected chi connectivity index (χ3v) is 6.26. The second-order valence-electron chi connectivity index (χ2n) is 3.55. The summed E-state index contributed by atoms with van der Waals surface area (Å²) >= 11 is -0.410. The van der Waals surface area contributed by atoms with Crippen LogP contribution in [0.2, 0.25) is 4.44 Å². The van der Waals surface area contributed by atoms with Crippen molar-refractivity contribution in [1.29, 1.82) is 0 Å². The summed E-state index contributed by atoms with van der Waals surface area (Å²) in [6, 6.07) is 0. The minimum atomic E-state index is -0.410. The summed E-state index contributed by atoms with van der Waals surface area (Å²) < 4.78 is 8.55. The van der Waals surface area contributed by atoms with Gasteiger partial charge in [-0.2, -0.15) is 0 Å². The van der Waals surface area contributed by atoms with Gasteiger partial charge in [0.2, 0.25) is 0 Å². The first-order valence-electron chi connectivity index (χ1n) is 5.25. The van der Waals surface area contributed by atoms with Crippen molar-refractivity contribution in [1.82, 2.24) is 4.98 Å². The first kappa shape index (κ1) is 10.3. The van der Waals surface area contributed by atoms with Gasteiger partial charge in [-0.3, -0.25) is 0 Å². The minimum absolute atomic E-state index is 0.410. The molecule has 1 aliphatic rings. The van der Waals surface area contributed by atoms with Gasteiger partial charge in [-0.25, -0.2) is 0 Å². The Balaban J connectivity index is 2.06. The quantitative estimate of drug-likeness (QED) is 0.621. The van der Waals surface area contributed by atoms with E-state index in [1.54, 1.807) is 0 Å². The van der Waals surface area contributed by atoms with Gasteiger partial charge in [-0.15, -0.1) is 0 Å². The fourth-order valence-corrected chi connectivity index (χ4v) is 5.51. The Kier molecular flexibility index (Phi) is 3.67. The zero-order chi connectivity index (χ0) is 9.80. The average molecular weight is 296 g/mol. The molecule has 0 fully saturated rings. The zero-order valence-corrected chi connectivity index (χ0v) is 11.4. The summed E-state index contributed by atoms with van der Waals surface area (Å²) in [5.41, 5.74) is 1.33. The van der Waals surface area contributed by atoms with Gasteiger partial charge in [-0.05, 0) is 0 Å². The summed E-state index contributed by atoms with van der Waals surface area (Å²) in [5, 5.41) is 0. The van der Waals surface area contributed by atoms with E-state index >= 15 is 0 Å². The molecule has 0 N–H and O–H groups in total. The molecule has 0 saturated carbocycles. The molecule has 1 aliphatic heterocycles. The summed E-state index contributed by atoms with van der Waals surface area (Å²) in [4.78, 5) is 4.30. The van der Waals surface area contributed by atoms with E-state index in [2.05, 4.69) is 11.9 Å². The number of rotatable bonds is 4. The predicted molar refractivity (Wildman–Crippen MR) is 58.5 cm³/mol. The maximum atomic E-state index is 5.66. The maximum absolute atomic E-state index is 5.66. The number of ether oxygens (including phenoxy) is 1. The molecule has 2 nitrogen and oxygen atoms in total. The fourth-order valence-electron chi connectivity index (χ4n) is 1.63. The van der Waals surface area contributed by atoms with Crippen molar-refractivity contribution in [2.24, 2.45) is 0 Å². The Bertz CT molecular complexity index is 314. The van der Waals surface area contributed by atoms with Crippen LogP contribution in [0.4, 0.5) is 0 Å². The molecule has 2 rings (SSSR count). The van der Waals surface area contributed by atoms with Gasteiger partial charge < -0.3 is 0 Å². The topological polar surface area (TPSA) is 22.1 Å². The summed E-state index contributed by atoms with van der Waals surface area (Å²) in [7, 11) is 0. The molecule has 0 atom stereocenters. The Morgan fingerprint density at radius 1 is 1.50 bits per heavy atom. The van der Waals surface area contributed by atoms with Crippen LogP contribution in [0.1, 0.15) is 25.3 Å². The third kappa shape index (κ3) is 2.22. The van der Waals surface area contributed by atoms with Gasteiger partial charge in [-0.1, -0.05) is 0 Å². The molecular weight excluding hydrogens is 281 g/mol. The van der Waals surface area contributed by atoms with Crippen molar-refractivity contribution in [3.63, 3.8) is 0 Å². The average Bonchev–Trinajstić information content (AvgIpc) is 2.67. The standard InChI is InChI=1S/C7H6NO.C4H9.Sn/c1-3-8-5-6-2-4-9-7(1)6;1-3-4-2;/h3,5H,2,4H2;1,3-4H2,2H3;. The molecule has 2 heterocycles. The molecule has 0 spiro atoms. The summed E-state index contributed by atoms with van der Waals surface area (Å²) in [6.07, 6.45) is 7.74. The van der Waals surface area contributed by atoms with Crippen LogP contribution in [0.3, 0.4) is 0 Å². The van der Waals surface area contributed by atoms with Crippen LogP contribution >= 0.6 is 0 Å². The summed E-state index contributed by atoms with van der Waals surface area (Å²) in [5.74, 6) is 1.20. The number of aromatic nitrogens is 1. The van der Waals surface area contributed by atoms with E-state index in [4.69, 9.17) is 4.74 Å². The molecule has 1 aromatic heterocycles. The Morgan fingerprint density at radius 3 is 3.29 bits per heavy atom. The van der Waals surface area contributed by atoms with Crippen LogP contribution in [0.5, 0.6) is 5.75 Å². The van der Waals surface area contributed by atoms with Crippen LogP contribution < -0.4 is 8.32 Å². The van der Waals surface area contributed by atoms with E-state index in [9.17, 15) is 0 Å². The molecule has 0 bridgehead atoms. The second kappa shape index (κ2) is 5.01. The number of hydrogen-bond acceptors (Lipinski definition) is 2.